The monoisotopic (exact) mass is 273 g/mol. The molecule has 1 aliphatic carbocycles. The van der Waals surface area contributed by atoms with E-state index in [0.29, 0.717) is 11.2 Å². The summed E-state index contributed by atoms with van der Waals surface area (Å²) in [4.78, 5) is 3.86. The van der Waals surface area contributed by atoms with Crippen molar-refractivity contribution in [2.24, 2.45) is 0 Å². The van der Waals surface area contributed by atoms with Crippen LogP contribution in [0.1, 0.15) is 29.0 Å². The van der Waals surface area contributed by atoms with Crippen molar-refractivity contribution >= 4 is 11.8 Å². The number of aliphatic hydroxyl groups is 1. The zero-order valence-corrected chi connectivity index (χ0v) is 12.2. The number of hydrogen-bond acceptors (Lipinski definition) is 3. The van der Waals surface area contributed by atoms with Gasteiger partial charge >= 0.3 is 0 Å². The molecular weight excluding hydrogens is 254 g/mol. The van der Waals surface area contributed by atoms with Crippen LogP contribution in [0.2, 0.25) is 0 Å². The summed E-state index contributed by atoms with van der Waals surface area (Å²) in [5.74, 6) is 0.545. The highest BCUT2D eigenvalue weighted by Gasteiger charge is 2.42. The van der Waals surface area contributed by atoms with Gasteiger partial charge in [-0.3, -0.25) is 4.90 Å². The van der Waals surface area contributed by atoms with Crippen molar-refractivity contribution in [3.8, 4) is 0 Å². The first-order chi connectivity index (χ1) is 9.13. The minimum Gasteiger partial charge on any atom is -0.389 e. The molecule has 0 amide bonds. The van der Waals surface area contributed by atoms with Crippen LogP contribution in [0.25, 0.3) is 0 Å². The highest BCUT2D eigenvalue weighted by molar-refractivity contribution is 8.00. The molecule has 3 unspecified atom stereocenters. The van der Waals surface area contributed by atoms with Crippen molar-refractivity contribution in [3.63, 3.8) is 0 Å². The lowest BCUT2D eigenvalue weighted by molar-refractivity contribution is 0.199. The molecule has 3 heteroatoms. The Morgan fingerprint density at radius 2 is 2.16 bits per heavy atom. The molecule has 3 atom stereocenters. The van der Waals surface area contributed by atoms with E-state index in [9.17, 15) is 5.11 Å². The van der Waals surface area contributed by atoms with Crippen LogP contribution in [0.5, 0.6) is 0 Å². The quantitative estimate of drug-likeness (QED) is 0.735. The van der Waals surface area contributed by atoms with Crippen molar-refractivity contribution in [2.45, 2.75) is 42.1 Å². The molecule has 0 radical (unpaired) electrons. The van der Waals surface area contributed by atoms with Gasteiger partial charge in [0.15, 0.2) is 0 Å². The Hall–Kier alpha value is -0.770. The minimum atomic E-state index is -0.256. The summed E-state index contributed by atoms with van der Waals surface area (Å²) < 4.78 is 0. The maximum absolute atomic E-state index is 10.1. The van der Waals surface area contributed by atoms with Gasteiger partial charge in [0.05, 0.1) is 6.10 Å². The molecule has 1 N–H and O–H groups in total. The first kappa shape index (κ1) is 12.0. The van der Waals surface area contributed by atoms with Gasteiger partial charge in [-0.05, 0) is 42.7 Å². The fraction of sp³-hybridized carbons (Fsp3) is 0.500. The van der Waals surface area contributed by atoms with E-state index >= 15 is 0 Å². The van der Waals surface area contributed by atoms with Crippen LogP contribution < -0.4 is 0 Å². The topological polar surface area (TPSA) is 23.5 Å². The lowest BCUT2D eigenvalue weighted by Crippen LogP contribution is -2.28. The summed E-state index contributed by atoms with van der Waals surface area (Å²) in [6, 6.07) is 4.57. The van der Waals surface area contributed by atoms with Crippen molar-refractivity contribution < 1.29 is 5.11 Å². The van der Waals surface area contributed by atoms with Crippen molar-refractivity contribution in [1.82, 2.24) is 4.90 Å². The van der Waals surface area contributed by atoms with Crippen molar-refractivity contribution in [2.75, 3.05) is 13.6 Å². The number of aryl methyl sites for hydroxylation is 1. The molecule has 100 valence electrons. The number of aliphatic hydroxyl groups excluding tert-OH is 1. The van der Waals surface area contributed by atoms with Gasteiger partial charge < -0.3 is 5.11 Å². The second-order valence-electron chi connectivity index (χ2n) is 6.14. The molecule has 0 saturated heterocycles. The molecule has 19 heavy (non-hydrogen) atoms. The molecule has 1 aromatic rings. The third-order valence-electron chi connectivity index (χ3n) is 4.61. The second kappa shape index (κ2) is 4.11. The number of nitrogens with zero attached hydrogens (tertiary/aromatic N) is 1. The zero-order valence-electron chi connectivity index (χ0n) is 11.4. The van der Waals surface area contributed by atoms with Crippen LogP contribution in [-0.4, -0.2) is 35.0 Å². The summed E-state index contributed by atoms with van der Waals surface area (Å²) in [5.41, 5.74) is 5.89. The summed E-state index contributed by atoms with van der Waals surface area (Å²) in [5, 5.41) is 10.6. The summed E-state index contributed by atoms with van der Waals surface area (Å²) in [6.07, 6.45) is 2.76. The molecule has 0 spiro atoms. The van der Waals surface area contributed by atoms with Crippen molar-refractivity contribution in [1.29, 1.82) is 0 Å². The van der Waals surface area contributed by atoms with E-state index in [1.54, 1.807) is 5.56 Å². The lowest BCUT2D eigenvalue weighted by Gasteiger charge is -2.29. The SMILES string of the molecule is Cc1ccc2c3c1SC1CC(O)C=C(CN(C)C2)C31. The third-order valence-corrected chi connectivity index (χ3v) is 6.15. The molecule has 2 aliphatic heterocycles. The molecule has 0 aromatic heterocycles. The van der Waals surface area contributed by atoms with E-state index in [-0.39, 0.29) is 6.10 Å². The predicted molar refractivity (Wildman–Crippen MR) is 78.6 cm³/mol. The Balaban J connectivity index is 1.95. The van der Waals surface area contributed by atoms with Gasteiger partial charge in [-0.2, -0.15) is 0 Å². The van der Waals surface area contributed by atoms with Gasteiger partial charge in [-0.15, -0.1) is 11.8 Å². The molecule has 4 rings (SSSR count). The highest BCUT2D eigenvalue weighted by Crippen LogP contribution is 2.55. The standard InChI is InChI=1S/C16H19NOS/c1-9-3-4-10-7-17(2)8-11-5-12(18)6-13-14(11)15(10)16(9)19-13/h3-5,12-14,18H,6-8H2,1-2H3. The second-order valence-corrected chi connectivity index (χ2v) is 7.38. The van der Waals surface area contributed by atoms with E-state index < -0.39 is 0 Å². The smallest absolute Gasteiger partial charge is 0.0735 e. The first-order valence-electron chi connectivity index (χ1n) is 6.99. The van der Waals surface area contributed by atoms with Crippen molar-refractivity contribution in [3.05, 3.63) is 40.5 Å². The molecule has 0 fully saturated rings. The van der Waals surface area contributed by atoms with E-state index in [1.807, 2.05) is 11.8 Å². The fourth-order valence-corrected chi connectivity index (χ4v) is 5.55. The lowest BCUT2D eigenvalue weighted by atomic mass is 9.80. The maximum Gasteiger partial charge on any atom is 0.0735 e. The molecule has 1 aromatic carbocycles. The van der Waals surface area contributed by atoms with Crippen LogP contribution in [0, 0.1) is 6.92 Å². The average Bonchev–Trinajstić information content (AvgIpc) is 2.65. The third kappa shape index (κ3) is 1.72. The Kier molecular flexibility index (Phi) is 2.60. The van der Waals surface area contributed by atoms with E-state index in [2.05, 4.69) is 37.1 Å². The zero-order chi connectivity index (χ0) is 13.1. The minimum absolute atomic E-state index is 0.256. The van der Waals surface area contributed by atoms with E-state index in [0.717, 1.165) is 19.5 Å². The van der Waals surface area contributed by atoms with Crippen LogP contribution in [0.4, 0.5) is 0 Å². The number of likely N-dealkylation sites (N-methyl/N-ethyl adjacent to an activating group) is 1. The fourth-order valence-electron chi connectivity index (χ4n) is 3.86. The highest BCUT2D eigenvalue weighted by atomic mass is 32.2. The van der Waals surface area contributed by atoms with Crippen LogP contribution in [0.3, 0.4) is 0 Å². The Bertz CT molecular complexity index is 580. The number of benzene rings is 1. The Morgan fingerprint density at radius 3 is 3.00 bits per heavy atom. The van der Waals surface area contributed by atoms with E-state index in [4.69, 9.17) is 0 Å². The van der Waals surface area contributed by atoms with Gasteiger partial charge in [-0.25, -0.2) is 0 Å². The Labute approximate surface area is 118 Å². The summed E-state index contributed by atoms with van der Waals surface area (Å²) in [7, 11) is 2.18. The van der Waals surface area contributed by atoms with Gasteiger partial charge in [0.1, 0.15) is 0 Å². The summed E-state index contributed by atoms with van der Waals surface area (Å²) >= 11 is 2.00. The van der Waals surface area contributed by atoms with Gasteiger partial charge in [0, 0.05) is 29.2 Å². The number of hydrogen-bond donors (Lipinski definition) is 1. The predicted octanol–water partition coefficient (Wildman–Crippen LogP) is 2.69. The average molecular weight is 273 g/mol. The first-order valence-corrected chi connectivity index (χ1v) is 7.87. The summed E-state index contributed by atoms with van der Waals surface area (Å²) in [6.45, 7) is 4.24. The number of thioether (sulfide) groups is 1. The normalized spacial score (nSPS) is 32.8. The van der Waals surface area contributed by atoms with Gasteiger partial charge in [0.25, 0.3) is 0 Å². The molecule has 0 bridgehead atoms. The molecule has 0 saturated carbocycles. The molecule has 2 nitrogen and oxygen atoms in total. The Morgan fingerprint density at radius 1 is 1.32 bits per heavy atom. The maximum atomic E-state index is 10.1. The van der Waals surface area contributed by atoms with Gasteiger partial charge in [-0.1, -0.05) is 18.2 Å². The van der Waals surface area contributed by atoms with Crippen LogP contribution in [-0.2, 0) is 6.54 Å². The molecule has 2 heterocycles. The molecule has 3 aliphatic rings. The van der Waals surface area contributed by atoms with Gasteiger partial charge in [0.2, 0.25) is 0 Å². The van der Waals surface area contributed by atoms with Crippen LogP contribution >= 0.6 is 11.8 Å². The molecular formula is C16H19NOS. The van der Waals surface area contributed by atoms with E-state index in [1.165, 1.54) is 21.6 Å². The van der Waals surface area contributed by atoms with Crippen LogP contribution in [0.15, 0.2) is 28.7 Å². The number of rotatable bonds is 0. The largest absolute Gasteiger partial charge is 0.389 e.